The van der Waals surface area contributed by atoms with Gasteiger partial charge in [0.1, 0.15) is 5.69 Å². The minimum Gasteiger partial charge on any atom is -0.349 e. The zero-order chi connectivity index (χ0) is 19.0. The maximum atomic E-state index is 13.0. The van der Waals surface area contributed by atoms with E-state index < -0.39 is 0 Å². The number of amides is 2. The van der Waals surface area contributed by atoms with Crippen molar-refractivity contribution in [1.29, 1.82) is 0 Å². The van der Waals surface area contributed by atoms with Gasteiger partial charge in [0.15, 0.2) is 0 Å². The van der Waals surface area contributed by atoms with Crippen molar-refractivity contribution in [2.45, 2.75) is 26.7 Å². The van der Waals surface area contributed by atoms with E-state index in [-0.39, 0.29) is 11.8 Å². The second-order valence-corrected chi connectivity index (χ2v) is 7.24. The minimum absolute atomic E-state index is 0.0550. The number of rotatable bonds is 3. The van der Waals surface area contributed by atoms with Crippen LogP contribution in [0.2, 0.25) is 0 Å². The van der Waals surface area contributed by atoms with Crippen LogP contribution in [0.15, 0.2) is 42.5 Å². The van der Waals surface area contributed by atoms with Gasteiger partial charge in [0.2, 0.25) is 0 Å². The number of likely N-dealkylation sites (tertiary alicyclic amines) is 1. The summed E-state index contributed by atoms with van der Waals surface area (Å²) in [6.45, 7) is 5.51. The Morgan fingerprint density at radius 1 is 0.963 bits per heavy atom. The molecule has 4 rings (SSSR count). The van der Waals surface area contributed by atoms with E-state index in [2.05, 4.69) is 10.3 Å². The highest BCUT2D eigenvalue weighted by atomic mass is 16.2. The fraction of sp³-hybridized carbons (Fsp3) is 0.273. The standard InChI is InChI=1S/C22H23N3O2/c1-14-5-8-16(9-6-14)21(26)24-19-17-13-15(2)7-10-18(17)23-20(19)22(27)25-11-3-4-12-25/h5-10,13,23H,3-4,11-12H2,1-2H3,(H,24,26). The Morgan fingerprint density at radius 2 is 1.63 bits per heavy atom. The highest BCUT2D eigenvalue weighted by molar-refractivity contribution is 6.15. The highest BCUT2D eigenvalue weighted by Gasteiger charge is 2.26. The number of carbonyl (C=O) groups excluding carboxylic acids is 2. The number of nitrogens with one attached hydrogen (secondary N) is 2. The molecule has 0 saturated carbocycles. The van der Waals surface area contributed by atoms with Crippen LogP contribution in [0.1, 0.15) is 44.8 Å². The normalized spacial score (nSPS) is 13.9. The first-order valence-corrected chi connectivity index (χ1v) is 9.32. The van der Waals surface area contributed by atoms with E-state index in [9.17, 15) is 9.59 Å². The van der Waals surface area contributed by atoms with Crippen LogP contribution < -0.4 is 5.32 Å². The number of aromatic amines is 1. The summed E-state index contributed by atoms with van der Waals surface area (Å²) in [7, 11) is 0. The molecular weight excluding hydrogens is 338 g/mol. The summed E-state index contributed by atoms with van der Waals surface area (Å²) in [6, 6.07) is 13.4. The summed E-state index contributed by atoms with van der Waals surface area (Å²) in [5.74, 6) is -0.270. The highest BCUT2D eigenvalue weighted by Crippen LogP contribution is 2.31. The lowest BCUT2D eigenvalue weighted by molar-refractivity contribution is 0.0789. The summed E-state index contributed by atoms with van der Waals surface area (Å²) in [5.41, 5.74) is 4.62. The SMILES string of the molecule is Cc1ccc(C(=O)Nc2c(C(=O)N3CCCC3)[nH]c3ccc(C)cc23)cc1. The Morgan fingerprint density at radius 3 is 2.33 bits per heavy atom. The molecule has 1 aliphatic heterocycles. The largest absolute Gasteiger partial charge is 0.349 e. The number of nitrogens with zero attached hydrogens (tertiary/aromatic N) is 1. The molecule has 0 atom stereocenters. The lowest BCUT2D eigenvalue weighted by atomic mass is 10.1. The molecule has 0 radical (unpaired) electrons. The van der Waals surface area contributed by atoms with E-state index >= 15 is 0 Å². The molecule has 138 valence electrons. The van der Waals surface area contributed by atoms with Crippen molar-refractivity contribution in [2.24, 2.45) is 0 Å². The van der Waals surface area contributed by atoms with E-state index in [4.69, 9.17) is 0 Å². The Hall–Kier alpha value is -3.08. The van der Waals surface area contributed by atoms with Crippen molar-refractivity contribution in [3.8, 4) is 0 Å². The lowest BCUT2D eigenvalue weighted by Gasteiger charge is -2.15. The van der Waals surface area contributed by atoms with Crippen LogP contribution in [0.4, 0.5) is 5.69 Å². The van der Waals surface area contributed by atoms with Crippen LogP contribution in [0.25, 0.3) is 10.9 Å². The van der Waals surface area contributed by atoms with Crippen molar-refractivity contribution < 1.29 is 9.59 Å². The third kappa shape index (κ3) is 3.33. The van der Waals surface area contributed by atoms with Crippen LogP contribution in [0.3, 0.4) is 0 Å². The van der Waals surface area contributed by atoms with Gasteiger partial charge < -0.3 is 15.2 Å². The predicted molar refractivity (Wildman–Crippen MR) is 107 cm³/mol. The average molecular weight is 361 g/mol. The summed E-state index contributed by atoms with van der Waals surface area (Å²) in [4.78, 5) is 30.9. The van der Waals surface area contributed by atoms with Crippen LogP contribution in [-0.2, 0) is 0 Å². The van der Waals surface area contributed by atoms with Gasteiger partial charge in [-0.15, -0.1) is 0 Å². The third-order valence-corrected chi connectivity index (χ3v) is 5.11. The van der Waals surface area contributed by atoms with E-state index in [1.54, 1.807) is 12.1 Å². The molecule has 2 heterocycles. The summed E-state index contributed by atoms with van der Waals surface area (Å²) in [5, 5.41) is 3.84. The number of hydrogen-bond acceptors (Lipinski definition) is 2. The molecule has 2 N–H and O–H groups in total. The summed E-state index contributed by atoms with van der Waals surface area (Å²) >= 11 is 0. The number of hydrogen-bond donors (Lipinski definition) is 2. The van der Waals surface area contributed by atoms with Gasteiger partial charge in [-0.1, -0.05) is 29.3 Å². The molecule has 1 aromatic heterocycles. The lowest BCUT2D eigenvalue weighted by Crippen LogP contribution is -2.29. The first kappa shape index (κ1) is 17.3. The second kappa shape index (κ2) is 6.91. The zero-order valence-electron chi connectivity index (χ0n) is 15.6. The van der Waals surface area contributed by atoms with E-state index in [1.807, 2.05) is 49.1 Å². The zero-order valence-corrected chi connectivity index (χ0v) is 15.6. The number of aromatic nitrogens is 1. The summed E-state index contributed by atoms with van der Waals surface area (Å²) < 4.78 is 0. The van der Waals surface area contributed by atoms with Crippen molar-refractivity contribution >= 4 is 28.4 Å². The maximum Gasteiger partial charge on any atom is 0.272 e. The van der Waals surface area contributed by atoms with Gasteiger partial charge in [0.05, 0.1) is 5.69 Å². The first-order chi connectivity index (χ1) is 13.0. The molecule has 1 aliphatic rings. The number of H-pyrrole nitrogens is 1. The number of benzene rings is 2. The molecule has 0 spiro atoms. The number of fused-ring (bicyclic) bond motifs is 1. The predicted octanol–water partition coefficient (Wildman–Crippen LogP) is 4.27. The van der Waals surface area contributed by atoms with Gasteiger partial charge in [0.25, 0.3) is 11.8 Å². The van der Waals surface area contributed by atoms with Gasteiger partial charge in [0, 0.05) is 29.6 Å². The number of anilines is 1. The molecule has 1 fully saturated rings. The van der Waals surface area contributed by atoms with Crippen molar-refractivity contribution in [3.05, 3.63) is 64.8 Å². The van der Waals surface area contributed by atoms with Crippen LogP contribution in [0.5, 0.6) is 0 Å². The molecule has 1 saturated heterocycles. The second-order valence-electron chi connectivity index (χ2n) is 7.24. The quantitative estimate of drug-likeness (QED) is 0.731. The molecular formula is C22H23N3O2. The Balaban J connectivity index is 1.75. The number of aryl methyl sites for hydroxylation is 2. The monoisotopic (exact) mass is 361 g/mol. The van der Waals surface area contributed by atoms with Crippen molar-refractivity contribution in [2.75, 3.05) is 18.4 Å². The Labute approximate surface area is 158 Å². The Bertz CT molecular complexity index is 1010. The number of carbonyl (C=O) groups is 2. The minimum atomic E-state index is -0.215. The smallest absolute Gasteiger partial charge is 0.272 e. The van der Waals surface area contributed by atoms with Gasteiger partial charge in [-0.2, -0.15) is 0 Å². The summed E-state index contributed by atoms with van der Waals surface area (Å²) in [6.07, 6.45) is 2.05. The molecule has 0 unspecified atom stereocenters. The fourth-order valence-corrected chi connectivity index (χ4v) is 3.56. The van der Waals surface area contributed by atoms with Crippen LogP contribution in [0, 0.1) is 13.8 Å². The van der Waals surface area contributed by atoms with Crippen molar-refractivity contribution in [3.63, 3.8) is 0 Å². The molecule has 5 heteroatoms. The third-order valence-electron chi connectivity index (χ3n) is 5.11. The molecule has 0 aliphatic carbocycles. The molecule has 2 amide bonds. The van der Waals surface area contributed by atoms with Crippen LogP contribution >= 0.6 is 0 Å². The molecule has 0 bridgehead atoms. The average Bonchev–Trinajstić information content (AvgIpc) is 3.30. The maximum absolute atomic E-state index is 13.0. The van der Waals surface area contributed by atoms with Crippen molar-refractivity contribution in [1.82, 2.24) is 9.88 Å². The van der Waals surface area contributed by atoms with Gasteiger partial charge >= 0.3 is 0 Å². The Kier molecular flexibility index (Phi) is 4.44. The van der Waals surface area contributed by atoms with E-state index in [0.717, 1.165) is 48.0 Å². The molecule has 3 aromatic rings. The van der Waals surface area contributed by atoms with Gasteiger partial charge in [-0.05, 0) is 51.0 Å². The van der Waals surface area contributed by atoms with Gasteiger partial charge in [-0.25, -0.2) is 0 Å². The molecule has 2 aromatic carbocycles. The molecule has 27 heavy (non-hydrogen) atoms. The van der Waals surface area contributed by atoms with Gasteiger partial charge in [-0.3, -0.25) is 9.59 Å². The topological polar surface area (TPSA) is 65.2 Å². The fourth-order valence-electron chi connectivity index (χ4n) is 3.56. The van der Waals surface area contributed by atoms with Crippen LogP contribution in [-0.4, -0.2) is 34.8 Å². The van der Waals surface area contributed by atoms with E-state index in [1.165, 1.54) is 0 Å². The van der Waals surface area contributed by atoms with E-state index in [0.29, 0.717) is 16.9 Å². The first-order valence-electron chi connectivity index (χ1n) is 9.32. The molecule has 5 nitrogen and oxygen atoms in total.